The normalized spacial score (nSPS) is 12.2. The van der Waals surface area contributed by atoms with Gasteiger partial charge in [-0.05, 0) is 60.7 Å². The molecule has 5 nitrogen and oxygen atoms in total. The van der Waals surface area contributed by atoms with E-state index in [0.29, 0.717) is 25.1 Å². The number of anilines is 1. The average molecular weight is 391 g/mol. The molecule has 1 amide bonds. The molecule has 29 heavy (non-hydrogen) atoms. The number of phenolic OH excluding ortho intramolecular Hbond substituents is 1. The van der Waals surface area contributed by atoms with Crippen LogP contribution in [0.1, 0.15) is 35.9 Å². The number of amides is 1. The van der Waals surface area contributed by atoms with Crippen molar-refractivity contribution in [1.82, 2.24) is 9.97 Å². The van der Waals surface area contributed by atoms with Crippen molar-refractivity contribution in [2.24, 2.45) is 0 Å². The number of nitrogens with zero attached hydrogens (tertiary/aromatic N) is 2. The van der Waals surface area contributed by atoms with Crippen LogP contribution >= 0.6 is 0 Å². The molecular formula is C23H22FN3O2. The van der Waals surface area contributed by atoms with E-state index >= 15 is 0 Å². The number of aryl methyl sites for hydroxylation is 3. The fourth-order valence-electron chi connectivity index (χ4n) is 3.63. The Morgan fingerprint density at radius 2 is 1.93 bits per heavy atom. The fourth-order valence-corrected chi connectivity index (χ4v) is 3.63. The van der Waals surface area contributed by atoms with Gasteiger partial charge in [0.1, 0.15) is 11.6 Å². The molecule has 0 bridgehead atoms. The third kappa shape index (κ3) is 4.11. The molecule has 1 aliphatic rings. The van der Waals surface area contributed by atoms with Crippen molar-refractivity contribution in [2.75, 3.05) is 5.32 Å². The molecule has 0 saturated carbocycles. The summed E-state index contributed by atoms with van der Waals surface area (Å²) in [7, 11) is 0. The van der Waals surface area contributed by atoms with Crippen LogP contribution in [0.3, 0.4) is 0 Å². The van der Waals surface area contributed by atoms with Gasteiger partial charge >= 0.3 is 0 Å². The second-order valence-corrected chi connectivity index (χ2v) is 7.26. The lowest BCUT2D eigenvalue weighted by atomic mass is 9.91. The summed E-state index contributed by atoms with van der Waals surface area (Å²) in [6.45, 7) is 2.05. The third-order valence-electron chi connectivity index (χ3n) is 5.04. The molecule has 148 valence electrons. The summed E-state index contributed by atoms with van der Waals surface area (Å²) in [4.78, 5) is 22.1. The summed E-state index contributed by atoms with van der Waals surface area (Å²) in [6, 6.07) is 11.3. The molecule has 2 aromatic carbocycles. The molecule has 1 aromatic heterocycles. The molecule has 0 unspecified atom stereocenters. The van der Waals surface area contributed by atoms with Crippen LogP contribution in [0.4, 0.5) is 10.2 Å². The lowest BCUT2D eigenvalue weighted by Crippen LogP contribution is -2.19. The number of phenols is 1. The van der Waals surface area contributed by atoms with Crippen LogP contribution in [0.2, 0.25) is 0 Å². The Morgan fingerprint density at radius 1 is 1.14 bits per heavy atom. The Kier molecular flexibility index (Phi) is 5.25. The molecular weight excluding hydrogens is 369 g/mol. The number of halogens is 1. The van der Waals surface area contributed by atoms with Gasteiger partial charge in [-0.2, -0.15) is 0 Å². The van der Waals surface area contributed by atoms with Crippen molar-refractivity contribution in [3.05, 3.63) is 70.8 Å². The molecule has 1 aliphatic carbocycles. The maximum absolute atomic E-state index is 13.6. The maximum Gasteiger partial charge on any atom is 0.229 e. The summed E-state index contributed by atoms with van der Waals surface area (Å²) in [5.41, 5.74) is 5.01. The molecule has 6 heteroatoms. The number of nitrogens with one attached hydrogen (secondary N) is 1. The minimum Gasteiger partial charge on any atom is -0.508 e. The van der Waals surface area contributed by atoms with Gasteiger partial charge in [0, 0.05) is 5.56 Å². The molecule has 0 fully saturated rings. The Morgan fingerprint density at radius 3 is 2.69 bits per heavy atom. The number of carbonyl (C=O) groups excluding carboxylic acids is 1. The van der Waals surface area contributed by atoms with Crippen LogP contribution in [0.25, 0.3) is 11.3 Å². The van der Waals surface area contributed by atoms with Crippen LogP contribution in [-0.4, -0.2) is 21.0 Å². The average Bonchev–Trinajstić information content (AvgIpc) is 2.70. The van der Waals surface area contributed by atoms with E-state index in [1.165, 1.54) is 6.07 Å². The highest BCUT2D eigenvalue weighted by molar-refractivity contribution is 5.92. The summed E-state index contributed by atoms with van der Waals surface area (Å²) in [5, 5.41) is 12.3. The quantitative estimate of drug-likeness (QED) is 0.683. The zero-order valence-electron chi connectivity index (χ0n) is 16.2. The Bertz CT molecular complexity index is 1060. The highest BCUT2D eigenvalue weighted by Gasteiger charge is 2.22. The lowest BCUT2D eigenvalue weighted by molar-refractivity contribution is -0.115. The van der Waals surface area contributed by atoms with E-state index in [4.69, 9.17) is 9.97 Å². The largest absolute Gasteiger partial charge is 0.508 e. The first kappa shape index (κ1) is 19.1. The van der Waals surface area contributed by atoms with E-state index in [1.807, 2.05) is 6.92 Å². The number of benzene rings is 2. The molecule has 0 aliphatic heterocycles. The van der Waals surface area contributed by atoms with Crippen molar-refractivity contribution in [1.29, 1.82) is 0 Å². The molecule has 0 radical (unpaired) electrons. The van der Waals surface area contributed by atoms with E-state index in [0.717, 1.165) is 40.2 Å². The number of hydrogen-bond donors (Lipinski definition) is 2. The number of aromatic nitrogens is 2. The Labute approximate surface area is 168 Å². The van der Waals surface area contributed by atoms with Crippen LogP contribution < -0.4 is 5.32 Å². The second kappa shape index (κ2) is 7.99. The Hall–Kier alpha value is -3.28. The van der Waals surface area contributed by atoms with Gasteiger partial charge in [-0.1, -0.05) is 25.5 Å². The smallest absolute Gasteiger partial charge is 0.229 e. The highest BCUT2D eigenvalue weighted by Crippen LogP contribution is 2.33. The molecule has 0 saturated heterocycles. The number of aromatic hydroxyl groups is 1. The number of fused-ring (bicyclic) bond motifs is 3. The lowest BCUT2D eigenvalue weighted by Gasteiger charge is -2.21. The van der Waals surface area contributed by atoms with E-state index in [-0.39, 0.29) is 23.9 Å². The first-order valence-corrected chi connectivity index (χ1v) is 9.80. The van der Waals surface area contributed by atoms with Crippen LogP contribution in [0.5, 0.6) is 5.75 Å². The third-order valence-corrected chi connectivity index (χ3v) is 5.04. The van der Waals surface area contributed by atoms with Gasteiger partial charge in [-0.25, -0.2) is 14.4 Å². The van der Waals surface area contributed by atoms with Gasteiger partial charge < -0.3 is 10.4 Å². The van der Waals surface area contributed by atoms with Crippen LogP contribution in [0, 0.1) is 5.82 Å². The van der Waals surface area contributed by atoms with Crippen molar-refractivity contribution < 1.29 is 14.3 Å². The van der Waals surface area contributed by atoms with Gasteiger partial charge in [0.25, 0.3) is 0 Å². The summed E-state index contributed by atoms with van der Waals surface area (Å²) in [5.74, 6) is 0.243. The topological polar surface area (TPSA) is 75.1 Å². The van der Waals surface area contributed by atoms with E-state index in [9.17, 15) is 14.3 Å². The molecule has 1 heterocycles. The van der Waals surface area contributed by atoms with Gasteiger partial charge in [0.05, 0.1) is 23.5 Å². The van der Waals surface area contributed by atoms with E-state index in [2.05, 4.69) is 5.32 Å². The standard InChI is InChI=1S/C23H22FN3O2/c1-2-3-20-23(27-21(29)12-14-4-8-17(28)9-5-14)26-19-11-6-15-13-16(24)7-10-18(15)22(19)25-20/h4-5,7-10,13,28H,2-3,6,11-12H2,1H3,(H,26,27,29). The van der Waals surface area contributed by atoms with Gasteiger partial charge in [0.15, 0.2) is 5.82 Å². The molecule has 2 N–H and O–H groups in total. The molecule has 4 rings (SSSR count). The molecule has 3 aromatic rings. The second-order valence-electron chi connectivity index (χ2n) is 7.26. The molecule has 0 spiro atoms. The van der Waals surface area contributed by atoms with Gasteiger partial charge in [-0.3, -0.25) is 4.79 Å². The minimum absolute atomic E-state index is 0.167. The van der Waals surface area contributed by atoms with Crippen LogP contribution in [0.15, 0.2) is 42.5 Å². The minimum atomic E-state index is -0.243. The van der Waals surface area contributed by atoms with E-state index < -0.39 is 0 Å². The highest BCUT2D eigenvalue weighted by atomic mass is 19.1. The summed E-state index contributed by atoms with van der Waals surface area (Å²) < 4.78 is 13.6. The monoisotopic (exact) mass is 391 g/mol. The number of rotatable bonds is 5. The summed E-state index contributed by atoms with van der Waals surface area (Å²) in [6.07, 6.45) is 3.09. The van der Waals surface area contributed by atoms with Crippen molar-refractivity contribution in [3.8, 4) is 17.0 Å². The van der Waals surface area contributed by atoms with Crippen LogP contribution in [-0.2, 0) is 30.5 Å². The fraction of sp³-hybridized carbons (Fsp3) is 0.261. The summed E-state index contributed by atoms with van der Waals surface area (Å²) >= 11 is 0. The SMILES string of the molecule is CCCc1nc2c(nc1NC(=O)Cc1ccc(O)cc1)CCc1cc(F)ccc1-2. The van der Waals surface area contributed by atoms with Gasteiger partial charge in [0.2, 0.25) is 5.91 Å². The predicted octanol–water partition coefficient (Wildman–Crippen LogP) is 4.22. The zero-order chi connectivity index (χ0) is 20.4. The molecule has 0 atom stereocenters. The van der Waals surface area contributed by atoms with Crippen molar-refractivity contribution in [2.45, 2.75) is 39.0 Å². The van der Waals surface area contributed by atoms with Crippen molar-refractivity contribution in [3.63, 3.8) is 0 Å². The Balaban J connectivity index is 1.63. The zero-order valence-corrected chi connectivity index (χ0v) is 16.2. The van der Waals surface area contributed by atoms with Crippen molar-refractivity contribution >= 4 is 11.7 Å². The van der Waals surface area contributed by atoms with Gasteiger partial charge in [-0.15, -0.1) is 0 Å². The first-order valence-electron chi connectivity index (χ1n) is 9.80. The van der Waals surface area contributed by atoms with E-state index in [1.54, 1.807) is 36.4 Å². The number of hydrogen-bond acceptors (Lipinski definition) is 4. The predicted molar refractivity (Wildman–Crippen MR) is 109 cm³/mol. The first-order chi connectivity index (χ1) is 14.0. The maximum atomic E-state index is 13.6. The number of carbonyl (C=O) groups is 1.